The van der Waals surface area contributed by atoms with E-state index in [1.807, 2.05) is 6.07 Å². The van der Waals surface area contributed by atoms with Crippen molar-refractivity contribution in [3.8, 4) is 0 Å². The molecule has 5 nitrogen and oxygen atoms in total. The van der Waals surface area contributed by atoms with E-state index >= 15 is 0 Å². The normalized spacial score (nSPS) is 12.0. The maximum atomic E-state index is 13.6. The Morgan fingerprint density at radius 1 is 1.00 bits per heavy atom. The van der Waals surface area contributed by atoms with Crippen LogP contribution >= 0.6 is 11.8 Å². The molecule has 0 aliphatic rings. The summed E-state index contributed by atoms with van der Waals surface area (Å²) < 4.78 is 13.7. The number of nitrogens with one attached hydrogen (secondary N) is 2. The lowest BCUT2D eigenvalue weighted by atomic mass is 10.2. The van der Waals surface area contributed by atoms with Gasteiger partial charge in [0.15, 0.2) is 5.82 Å². The van der Waals surface area contributed by atoms with Crippen LogP contribution in [0.25, 0.3) is 21.8 Å². The highest BCUT2D eigenvalue weighted by Crippen LogP contribution is 2.35. The maximum absolute atomic E-state index is 13.6. The first-order valence-electron chi connectivity index (χ1n) is 8.23. The van der Waals surface area contributed by atoms with Gasteiger partial charge in [-0.15, -0.1) is 11.8 Å². The van der Waals surface area contributed by atoms with Crippen molar-refractivity contribution < 1.29 is 4.39 Å². The summed E-state index contributed by atoms with van der Waals surface area (Å²) in [5, 5.41) is 11.9. The van der Waals surface area contributed by atoms with Crippen molar-refractivity contribution in [2.24, 2.45) is 0 Å². The van der Waals surface area contributed by atoms with Gasteiger partial charge in [0.25, 0.3) is 0 Å². The molecule has 2 heterocycles. The van der Waals surface area contributed by atoms with E-state index in [9.17, 15) is 4.39 Å². The Balaban J connectivity index is 1.77. The lowest BCUT2D eigenvalue weighted by molar-refractivity contribution is 0.630. The number of H-pyrrole nitrogens is 1. The molecule has 26 heavy (non-hydrogen) atoms. The largest absolute Gasteiger partial charge is 0.322 e. The smallest absolute Gasteiger partial charge is 0.161 e. The van der Waals surface area contributed by atoms with E-state index in [-0.39, 0.29) is 10.6 Å². The van der Waals surface area contributed by atoms with Crippen molar-refractivity contribution in [3.05, 3.63) is 48.5 Å². The number of nitrogens with zero attached hydrogens (tertiary/aromatic N) is 3. The Morgan fingerprint density at radius 2 is 1.85 bits per heavy atom. The second kappa shape index (κ2) is 6.25. The molecule has 0 bridgehead atoms. The molecular weight excluding hydrogens is 349 g/mol. The molecule has 0 saturated carbocycles. The first-order chi connectivity index (χ1) is 12.4. The minimum absolute atomic E-state index is 0.104. The second-order valence-corrected chi connectivity index (χ2v) is 8.90. The van der Waals surface area contributed by atoms with E-state index in [0.29, 0.717) is 17.0 Å². The van der Waals surface area contributed by atoms with E-state index in [0.717, 1.165) is 21.3 Å². The van der Waals surface area contributed by atoms with Crippen molar-refractivity contribution in [2.45, 2.75) is 30.4 Å². The zero-order chi connectivity index (χ0) is 18.3. The number of hydrogen-bond donors (Lipinski definition) is 2. The van der Waals surface area contributed by atoms with Gasteiger partial charge < -0.3 is 5.32 Å². The molecule has 0 unspecified atom stereocenters. The van der Waals surface area contributed by atoms with Gasteiger partial charge in [-0.05, 0) is 36.4 Å². The zero-order valence-electron chi connectivity index (χ0n) is 14.7. The summed E-state index contributed by atoms with van der Waals surface area (Å²) in [4.78, 5) is 9.85. The molecular formula is C19H18FN5S. The van der Waals surface area contributed by atoms with Gasteiger partial charge in [-0.2, -0.15) is 5.10 Å². The molecule has 2 N–H and O–H groups in total. The predicted octanol–water partition coefficient (Wildman–Crippen LogP) is 5.28. The fourth-order valence-electron chi connectivity index (χ4n) is 2.75. The molecule has 2 aromatic carbocycles. The van der Waals surface area contributed by atoms with Gasteiger partial charge in [0.1, 0.15) is 18.0 Å². The van der Waals surface area contributed by atoms with Crippen molar-refractivity contribution in [3.63, 3.8) is 0 Å². The third-order valence-corrected chi connectivity index (χ3v) is 4.89. The van der Waals surface area contributed by atoms with Crippen LogP contribution in [0.15, 0.2) is 47.6 Å². The number of hydrogen-bond acceptors (Lipinski definition) is 5. The summed E-state index contributed by atoms with van der Waals surface area (Å²) in [6.45, 7) is 6.52. The topological polar surface area (TPSA) is 66.5 Å². The van der Waals surface area contributed by atoms with Crippen molar-refractivity contribution in [2.75, 3.05) is 5.32 Å². The number of halogens is 1. The lowest BCUT2D eigenvalue weighted by Crippen LogP contribution is -2.06. The van der Waals surface area contributed by atoms with Gasteiger partial charge in [-0.1, -0.05) is 20.8 Å². The van der Waals surface area contributed by atoms with E-state index in [4.69, 9.17) is 0 Å². The van der Waals surface area contributed by atoms with Crippen LogP contribution in [0, 0.1) is 5.82 Å². The van der Waals surface area contributed by atoms with E-state index in [2.05, 4.69) is 58.4 Å². The van der Waals surface area contributed by atoms with E-state index < -0.39 is 0 Å². The summed E-state index contributed by atoms with van der Waals surface area (Å²) in [6.07, 6.45) is 1.51. The molecule has 0 saturated heterocycles. The van der Waals surface area contributed by atoms with Crippen LogP contribution in [0.5, 0.6) is 0 Å². The maximum Gasteiger partial charge on any atom is 0.161 e. The van der Waals surface area contributed by atoms with Crippen LogP contribution in [0.2, 0.25) is 0 Å². The van der Waals surface area contributed by atoms with Crippen LogP contribution in [-0.2, 0) is 0 Å². The lowest BCUT2D eigenvalue weighted by Gasteiger charge is -2.18. The molecule has 0 atom stereocenters. The number of aromatic amines is 1. The highest BCUT2D eigenvalue weighted by atomic mass is 32.2. The number of anilines is 2. The summed E-state index contributed by atoms with van der Waals surface area (Å²) in [5.74, 6) is 0.871. The minimum Gasteiger partial charge on any atom is -0.322 e. The van der Waals surface area contributed by atoms with E-state index in [1.54, 1.807) is 17.8 Å². The van der Waals surface area contributed by atoms with Crippen molar-refractivity contribution in [1.82, 2.24) is 20.2 Å². The molecule has 4 rings (SSSR count). The number of fused-ring (bicyclic) bond motifs is 2. The Bertz CT molecular complexity index is 1100. The average Bonchev–Trinajstić information content (AvgIpc) is 2.96. The number of benzene rings is 2. The van der Waals surface area contributed by atoms with Gasteiger partial charge in [-0.3, -0.25) is 5.10 Å². The minimum atomic E-state index is -0.307. The molecule has 2 aromatic heterocycles. The molecule has 0 spiro atoms. The highest BCUT2D eigenvalue weighted by Gasteiger charge is 2.14. The number of aromatic nitrogens is 4. The quantitative estimate of drug-likeness (QED) is 0.482. The van der Waals surface area contributed by atoms with Crippen molar-refractivity contribution in [1.29, 1.82) is 0 Å². The first-order valence-corrected chi connectivity index (χ1v) is 9.05. The molecule has 4 aromatic rings. The van der Waals surface area contributed by atoms with Gasteiger partial charge >= 0.3 is 0 Å². The summed E-state index contributed by atoms with van der Waals surface area (Å²) in [7, 11) is 0. The monoisotopic (exact) mass is 367 g/mol. The van der Waals surface area contributed by atoms with Gasteiger partial charge in [0, 0.05) is 20.4 Å². The Kier molecular flexibility index (Phi) is 4.03. The van der Waals surface area contributed by atoms with Crippen LogP contribution in [0.3, 0.4) is 0 Å². The highest BCUT2D eigenvalue weighted by molar-refractivity contribution is 8.00. The van der Waals surface area contributed by atoms with Gasteiger partial charge in [0.05, 0.1) is 11.0 Å². The average molecular weight is 367 g/mol. The SMILES string of the molecule is CC(C)(C)Sc1ccc2ncnc(Nc3n[nH]c4ccc(F)cc34)c2c1. The van der Waals surface area contributed by atoms with E-state index in [1.165, 1.54) is 18.5 Å². The Labute approximate surface area is 154 Å². The summed E-state index contributed by atoms with van der Waals surface area (Å²) >= 11 is 1.78. The summed E-state index contributed by atoms with van der Waals surface area (Å²) in [6, 6.07) is 10.6. The predicted molar refractivity (Wildman–Crippen MR) is 104 cm³/mol. The molecule has 7 heteroatoms. The van der Waals surface area contributed by atoms with Crippen LogP contribution in [0.1, 0.15) is 20.8 Å². The zero-order valence-corrected chi connectivity index (χ0v) is 15.5. The van der Waals surface area contributed by atoms with Gasteiger partial charge in [-0.25, -0.2) is 14.4 Å². The van der Waals surface area contributed by atoms with Crippen LogP contribution in [0.4, 0.5) is 16.0 Å². The molecule has 0 aliphatic carbocycles. The fourth-order valence-corrected chi connectivity index (χ4v) is 3.77. The Hall–Kier alpha value is -2.67. The van der Waals surface area contributed by atoms with Crippen LogP contribution < -0.4 is 5.32 Å². The summed E-state index contributed by atoms with van der Waals surface area (Å²) in [5.41, 5.74) is 1.60. The molecule has 0 fully saturated rings. The third kappa shape index (κ3) is 3.35. The van der Waals surface area contributed by atoms with Crippen molar-refractivity contribution >= 4 is 45.2 Å². The molecule has 132 valence electrons. The number of rotatable bonds is 3. The number of thioether (sulfide) groups is 1. The fraction of sp³-hybridized carbons (Fsp3) is 0.211. The third-order valence-electron chi connectivity index (χ3n) is 3.79. The second-order valence-electron chi connectivity index (χ2n) is 7.00. The molecule has 0 amide bonds. The first kappa shape index (κ1) is 16.8. The van der Waals surface area contributed by atoms with Gasteiger partial charge in [0.2, 0.25) is 0 Å². The van der Waals surface area contributed by atoms with Crippen LogP contribution in [-0.4, -0.2) is 24.9 Å². The molecule has 0 aliphatic heterocycles. The standard InChI is InChI=1S/C19H18FN5S/c1-19(2,3)26-12-5-7-15-14(9-12)17(22-10-21-15)23-18-13-8-11(20)4-6-16(13)24-25-18/h4-10H,1-3H3,(H2,21,22,23,24,25). The molecule has 0 radical (unpaired) electrons. The Morgan fingerprint density at radius 3 is 2.65 bits per heavy atom.